The molecule has 0 radical (unpaired) electrons. The summed E-state index contributed by atoms with van der Waals surface area (Å²) in [6, 6.07) is 50.1. The van der Waals surface area contributed by atoms with E-state index in [0.29, 0.717) is 13.2 Å². The van der Waals surface area contributed by atoms with Crippen LogP contribution in [0.25, 0.3) is 0 Å². The zero-order chi connectivity index (χ0) is 24.4. The maximum atomic E-state index is 6.24. The van der Waals surface area contributed by atoms with Crippen molar-refractivity contribution in [3.05, 3.63) is 168 Å². The van der Waals surface area contributed by atoms with Crippen LogP contribution >= 0.6 is 0 Å². The van der Waals surface area contributed by atoms with Gasteiger partial charge in [-0.05, 0) is 46.5 Å². The minimum Gasteiger partial charge on any atom is -0.493 e. The third-order valence-electron chi connectivity index (χ3n) is 6.46. The second kappa shape index (κ2) is 11.9. The second-order valence-corrected chi connectivity index (χ2v) is 8.84. The molecule has 36 heavy (non-hydrogen) atoms. The van der Waals surface area contributed by atoms with Gasteiger partial charge in [-0.2, -0.15) is 0 Å². The molecule has 0 spiro atoms. The summed E-state index contributed by atoms with van der Waals surface area (Å²) >= 11 is 0. The van der Waals surface area contributed by atoms with Crippen molar-refractivity contribution in [3.63, 3.8) is 0 Å². The monoisotopic (exact) mass is 470 g/mol. The molecule has 5 aromatic rings. The van der Waals surface area contributed by atoms with Crippen molar-refractivity contribution in [1.29, 1.82) is 0 Å². The van der Waals surface area contributed by atoms with Crippen LogP contribution in [0.1, 0.15) is 34.1 Å². The van der Waals surface area contributed by atoms with E-state index in [1.54, 1.807) is 0 Å². The highest BCUT2D eigenvalue weighted by Gasteiger charge is 2.16. The lowest BCUT2D eigenvalue weighted by Gasteiger charge is -2.20. The molecule has 0 saturated heterocycles. The Morgan fingerprint density at radius 3 is 0.833 bits per heavy atom. The molecule has 0 N–H and O–H groups in total. The van der Waals surface area contributed by atoms with E-state index in [-0.39, 0.29) is 11.8 Å². The van der Waals surface area contributed by atoms with E-state index in [9.17, 15) is 0 Å². The van der Waals surface area contributed by atoms with Crippen molar-refractivity contribution in [2.45, 2.75) is 11.8 Å². The Morgan fingerprint density at radius 1 is 0.333 bits per heavy atom. The molecule has 178 valence electrons. The van der Waals surface area contributed by atoms with Crippen molar-refractivity contribution >= 4 is 0 Å². The van der Waals surface area contributed by atoms with Gasteiger partial charge >= 0.3 is 0 Å². The Bertz CT molecular complexity index is 1120. The van der Waals surface area contributed by atoms with Crippen LogP contribution in [0.2, 0.25) is 0 Å². The largest absolute Gasteiger partial charge is 0.493 e. The van der Waals surface area contributed by atoms with Crippen LogP contribution in [0, 0.1) is 0 Å². The molecule has 0 aromatic heterocycles. The van der Waals surface area contributed by atoms with E-state index < -0.39 is 0 Å². The van der Waals surface area contributed by atoms with Gasteiger partial charge in [-0.25, -0.2) is 0 Å². The van der Waals surface area contributed by atoms with Gasteiger partial charge in [0.15, 0.2) is 0 Å². The van der Waals surface area contributed by atoms with Crippen LogP contribution in [-0.2, 0) is 0 Å². The predicted molar refractivity (Wildman–Crippen MR) is 147 cm³/mol. The lowest BCUT2D eigenvalue weighted by atomic mass is 9.92. The average Bonchev–Trinajstić information content (AvgIpc) is 2.96. The van der Waals surface area contributed by atoms with Gasteiger partial charge in [0.1, 0.15) is 11.5 Å². The van der Waals surface area contributed by atoms with Crippen LogP contribution in [0.4, 0.5) is 0 Å². The first-order chi connectivity index (χ1) is 17.9. The van der Waals surface area contributed by atoms with Gasteiger partial charge in [-0.3, -0.25) is 0 Å². The molecule has 2 heteroatoms. The number of hydrogen-bond donors (Lipinski definition) is 0. The van der Waals surface area contributed by atoms with E-state index >= 15 is 0 Å². The summed E-state index contributed by atoms with van der Waals surface area (Å²) < 4.78 is 12.5. The fourth-order valence-electron chi connectivity index (χ4n) is 4.50. The predicted octanol–water partition coefficient (Wildman–Crippen LogP) is 8.11. The smallest absolute Gasteiger partial charge is 0.119 e. The zero-order valence-electron chi connectivity index (χ0n) is 20.2. The fraction of sp³-hybridized carbons (Fsp3) is 0.118. The van der Waals surface area contributed by atoms with Gasteiger partial charge < -0.3 is 9.47 Å². The Hall–Kier alpha value is -4.30. The first-order valence-corrected chi connectivity index (χ1v) is 12.4. The number of ether oxygens (including phenoxy) is 2. The average molecular weight is 471 g/mol. The number of hydrogen-bond acceptors (Lipinski definition) is 2. The maximum absolute atomic E-state index is 6.24. The normalized spacial score (nSPS) is 10.9. The quantitative estimate of drug-likeness (QED) is 0.205. The van der Waals surface area contributed by atoms with Crippen LogP contribution < -0.4 is 9.47 Å². The Balaban J connectivity index is 1.25. The van der Waals surface area contributed by atoms with Crippen LogP contribution in [-0.4, -0.2) is 13.2 Å². The summed E-state index contributed by atoms with van der Waals surface area (Å²) in [5, 5.41) is 0. The molecule has 0 fully saturated rings. The first-order valence-electron chi connectivity index (χ1n) is 12.4. The summed E-state index contributed by atoms with van der Waals surface area (Å²) in [6.45, 7) is 1.14. The minimum atomic E-state index is 0.167. The summed E-state index contributed by atoms with van der Waals surface area (Å²) in [5.74, 6) is 2.01. The molecule has 0 aliphatic carbocycles. The third kappa shape index (κ3) is 6.03. The van der Waals surface area contributed by atoms with Gasteiger partial charge in [-0.15, -0.1) is 0 Å². The van der Waals surface area contributed by atoms with Crippen LogP contribution in [0.5, 0.6) is 11.5 Å². The third-order valence-corrected chi connectivity index (χ3v) is 6.46. The Morgan fingerprint density at radius 2 is 0.583 bits per heavy atom. The molecule has 0 heterocycles. The molecule has 0 saturated carbocycles. The van der Waals surface area contributed by atoms with Crippen LogP contribution in [0.15, 0.2) is 146 Å². The van der Waals surface area contributed by atoms with E-state index in [0.717, 1.165) is 11.5 Å². The molecular weight excluding hydrogens is 440 g/mol. The SMILES string of the molecule is c1ccc(C(COc2ccc(OCC(c3ccccc3)c3ccccc3)cc2)c2ccccc2)cc1. The highest BCUT2D eigenvalue weighted by molar-refractivity contribution is 5.36. The van der Waals surface area contributed by atoms with Gasteiger partial charge in [0.2, 0.25) is 0 Å². The summed E-state index contributed by atoms with van der Waals surface area (Å²) in [6.07, 6.45) is 0. The Labute approximate surface area is 213 Å². The van der Waals surface area contributed by atoms with E-state index in [2.05, 4.69) is 97.1 Å². The van der Waals surface area contributed by atoms with Gasteiger partial charge in [-0.1, -0.05) is 121 Å². The topological polar surface area (TPSA) is 18.5 Å². The fourth-order valence-corrected chi connectivity index (χ4v) is 4.50. The second-order valence-electron chi connectivity index (χ2n) is 8.84. The molecular formula is C34H30O2. The van der Waals surface area contributed by atoms with E-state index in [1.807, 2.05) is 48.5 Å². The molecule has 0 atom stereocenters. The van der Waals surface area contributed by atoms with Crippen molar-refractivity contribution < 1.29 is 9.47 Å². The van der Waals surface area contributed by atoms with Gasteiger partial charge in [0.05, 0.1) is 13.2 Å². The van der Waals surface area contributed by atoms with Crippen molar-refractivity contribution in [3.8, 4) is 11.5 Å². The zero-order valence-corrected chi connectivity index (χ0v) is 20.2. The molecule has 2 nitrogen and oxygen atoms in total. The lowest BCUT2D eigenvalue weighted by molar-refractivity contribution is 0.295. The molecule has 0 aliphatic rings. The highest BCUT2D eigenvalue weighted by atomic mass is 16.5. The molecule has 0 amide bonds. The van der Waals surface area contributed by atoms with Gasteiger partial charge in [0.25, 0.3) is 0 Å². The van der Waals surface area contributed by atoms with Crippen molar-refractivity contribution in [1.82, 2.24) is 0 Å². The molecule has 0 aliphatic heterocycles. The summed E-state index contributed by atoms with van der Waals surface area (Å²) in [7, 11) is 0. The molecule has 0 unspecified atom stereocenters. The first kappa shape index (κ1) is 23.4. The summed E-state index contributed by atoms with van der Waals surface area (Å²) in [5.41, 5.74) is 4.99. The van der Waals surface area contributed by atoms with Crippen molar-refractivity contribution in [2.75, 3.05) is 13.2 Å². The minimum absolute atomic E-state index is 0.167. The van der Waals surface area contributed by atoms with Gasteiger partial charge in [0, 0.05) is 11.8 Å². The van der Waals surface area contributed by atoms with E-state index in [1.165, 1.54) is 22.3 Å². The molecule has 5 aromatic carbocycles. The molecule has 5 rings (SSSR count). The number of benzene rings is 5. The van der Waals surface area contributed by atoms with Crippen LogP contribution in [0.3, 0.4) is 0 Å². The lowest BCUT2D eigenvalue weighted by Crippen LogP contribution is -2.12. The maximum Gasteiger partial charge on any atom is 0.119 e. The Kier molecular flexibility index (Phi) is 7.75. The number of rotatable bonds is 10. The molecule has 0 bridgehead atoms. The highest BCUT2D eigenvalue weighted by Crippen LogP contribution is 2.28. The van der Waals surface area contributed by atoms with E-state index in [4.69, 9.17) is 9.47 Å². The summed E-state index contributed by atoms with van der Waals surface area (Å²) in [4.78, 5) is 0. The van der Waals surface area contributed by atoms with Crippen molar-refractivity contribution in [2.24, 2.45) is 0 Å². The standard InChI is InChI=1S/C34H30O2/c1-5-13-27(14-6-1)33(28-15-7-2-8-16-28)25-35-31-21-23-32(24-22-31)36-26-34(29-17-9-3-10-18-29)30-19-11-4-12-20-30/h1-24,33-34H,25-26H2.